The van der Waals surface area contributed by atoms with Crippen LogP contribution in [0.3, 0.4) is 0 Å². The molecule has 0 amide bonds. The van der Waals surface area contributed by atoms with E-state index < -0.39 is 12.0 Å². The van der Waals surface area contributed by atoms with Crippen LogP contribution in [-0.2, 0) is 5.67 Å². The summed E-state index contributed by atoms with van der Waals surface area (Å²) in [6, 6.07) is 5.22. The number of benzene rings is 1. The Bertz CT molecular complexity index is 467. The molecule has 0 radical (unpaired) electrons. The van der Waals surface area contributed by atoms with Crippen LogP contribution < -0.4 is 10.1 Å². The summed E-state index contributed by atoms with van der Waals surface area (Å²) in [6.45, 7) is 2.26. The van der Waals surface area contributed by atoms with Crippen molar-refractivity contribution in [2.45, 2.75) is 50.7 Å². The third kappa shape index (κ3) is 4.88. The fourth-order valence-corrected chi connectivity index (χ4v) is 2.70. The van der Waals surface area contributed by atoms with E-state index in [2.05, 4.69) is 10.1 Å². The van der Waals surface area contributed by atoms with Gasteiger partial charge in [-0.3, -0.25) is 0 Å². The Labute approximate surface area is 121 Å². The van der Waals surface area contributed by atoms with Gasteiger partial charge in [0.1, 0.15) is 11.4 Å². The highest BCUT2D eigenvalue weighted by molar-refractivity contribution is 5.32. The molecule has 0 aromatic heterocycles. The molecular weight excluding hydrogens is 286 g/mol. The molecule has 1 fully saturated rings. The Hall–Kier alpha value is -1.30. The number of rotatable bonds is 4. The van der Waals surface area contributed by atoms with Gasteiger partial charge in [0.15, 0.2) is 0 Å². The summed E-state index contributed by atoms with van der Waals surface area (Å²) in [5.41, 5.74) is -1.49. The topological polar surface area (TPSA) is 21.3 Å². The van der Waals surface area contributed by atoms with Crippen LogP contribution in [0.1, 0.15) is 38.2 Å². The number of hydrogen-bond donors (Lipinski definition) is 1. The molecule has 6 heteroatoms. The predicted molar refractivity (Wildman–Crippen MR) is 71.8 cm³/mol. The van der Waals surface area contributed by atoms with Crippen LogP contribution in [0.25, 0.3) is 0 Å². The first-order valence-corrected chi connectivity index (χ1v) is 7.05. The number of ether oxygens (including phenoxy) is 1. The molecule has 1 heterocycles. The van der Waals surface area contributed by atoms with Crippen molar-refractivity contribution in [3.05, 3.63) is 29.8 Å². The summed E-state index contributed by atoms with van der Waals surface area (Å²) in [6.07, 6.45) is -1.52. The monoisotopic (exact) mass is 305 g/mol. The van der Waals surface area contributed by atoms with Crippen molar-refractivity contribution in [2.75, 3.05) is 6.54 Å². The van der Waals surface area contributed by atoms with Crippen LogP contribution in [-0.4, -0.2) is 18.9 Å². The van der Waals surface area contributed by atoms with Crippen LogP contribution in [0.15, 0.2) is 24.3 Å². The summed E-state index contributed by atoms with van der Waals surface area (Å²) in [7, 11) is 0. The maximum atomic E-state index is 14.8. The van der Waals surface area contributed by atoms with E-state index in [9.17, 15) is 17.6 Å². The van der Waals surface area contributed by atoms with Gasteiger partial charge in [0.05, 0.1) is 0 Å². The molecule has 1 aromatic carbocycles. The van der Waals surface area contributed by atoms with E-state index in [1.807, 2.05) is 0 Å². The van der Waals surface area contributed by atoms with Crippen molar-refractivity contribution in [1.29, 1.82) is 0 Å². The zero-order valence-corrected chi connectivity index (χ0v) is 11.8. The molecule has 118 valence electrons. The third-order valence-corrected chi connectivity index (χ3v) is 3.71. The minimum atomic E-state index is -4.77. The minimum absolute atomic E-state index is 0.0564. The molecule has 1 aliphatic heterocycles. The number of halogens is 4. The lowest BCUT2D eigenvalue weighted by molar-refractivity contribution is -0.274. The standard InChI is InChI=1S/C15H19F4NO/c1-14(16,10-12-6-2-3-8-20-12)11-5-4-7-13(9-11)21-15(17,18)19/h4-5,7,9,12,20H,2-3,6,8,10H2,1H3. The quantitative estimate of drug-likeness (QED) is 0.837. The molecule has 1 aliphatic rings. The van der Waals surface area contributed by atoms with Gasteiger partial charge in [-0.1, -0.05) is 18.6 Å². The molecule has 1 N–H and O–H groups in total. The Balaban J connectivity index is 2.09. The molecular formula is C15H19F4NO. The predicted octanol–water partition coefficient (Wildman–Crippen LogP) is 4.30. The van der Waals surface area contributed by atoms with Gasteiger partial charge in [0.2, 0.25) is 0 Å². The highest BCUT2D eigenvalue weighted by atomic mass is 19.4. The van der Waals surface area contributed by atoms with E-state index in [-0.39, 0.29) is 23.8 Å². The van der Waals surface area contributed by atoms with Crippen LogP contribution in [0.4, 0.5) is 17.6 Å². The van der Waals surface area contributed by atoms with Crippen LogP contribution in [0, 0.1) is 0 Å². The van der Waals surface area contributed by atoms with Crippen molar-refractivity contribution >= 4 is 0 Å². The molecule has 0 aliphatic carbocycles. The molecule has 2 nitrogen and oxygen atoms in total. The highest BCUT2D eigenvalue weighted by Gasteiger charge is 2.33. The van der Waals surface area contributed by atoms with Crippen LogP contribution in [0.5, 0.6) is 5.75 Å². The molecule has 1 saturated heterocycles. The van der Waals surface area contributed by atoms with E-state index in [4.69, 9.17) is 0 Å². The van der Waals surface area contributed by atoms with E-state index in [1.165, 1.54) is 25.1 Å². The lowest BCUT2D eigenvalue weighted by Gasteiger charge is -2.30. The van der Waals surface area contributed by atoms with Crippen molar-refractivity contribution in [3.8, 4) is 5.75 Å². The fourth-order valence-electron chi connectivity index (χ4n) is 2.70. The second-order valence-electron chi connectivity index (χ2n) is 5.62. The van der Waals surface area contributed by atoms with E-state index >= 15 is 0 Å². The summed E-state index contributed by atoms with van der Waals surface area (Å²) in [4.78, 5) is 0. The number of piperidine rings is 1. The van der Waals surface area contributed by atoms with Gasteiger partial charge in [-0.25, -0.2) is 4.39 Å². The number of hydrogen-bond acceptors (Lipinski definition) is 2. The molecule has 21 heavy (non-hydrogen) atoms. The first kappa shape index (κ1) is 16.1. The normalized spacial score (nSPS) is 22.6. The van der Waals surface area contributed by atoms with Crippen molar-refractivity contribution in [1.82, 2.24) is 5.32 Å². The SMILES string of the molecule is CC(F)(CC1CCCCN1)c1cccc(OC(F)(F)F)c1. The van der Waals surface area contributed by atoms with Gasteiger partial charge in [-0.15, -0.1) is 13.2 Å². The average Bonchev–Trinajstić information content (AvgIpc) is 2.37. The average molecular weight is 305 g/mol. The largest absolute Gasteiger partial charge is 0.573 e. The van der Waals surface area contributed by atoms with Crippen molar-refractivity contribution < 1.29 is 22.3 Å². The number of nitrogens with one attached hydrogen (secondary N) is 1. The lowest BCUT2D eigenvalue weighted by atomic mass is 9.87. The van der Waals surface area contributed by atoms with Gasteiger partial charge in [0, 0.05) is 12.5 Å². The smallest absolute Gasteiger partial charge is 0.406 e. The first-order valence-electron chi connectivity index (χ1n) is 7.05. The second kappa shape index (κ2) is 6.22. The molecule has 2 rings (SSSR count). The van der Waals surface area contributed by atoms with Gasteiger partial charge in [0.25, 0.3) is 0 Å². The summed E-state index contributed by atoms with van der Waals surface area (Å²) in [5.74, 6) is -0.388. The van der Waals surface area contributed by atoms with Gasteiger partial charge < -0.3 is 10.1 Å². The summed E-state index contributed by atoms with van der Waals surface area (Å²) >= 11 is 0. The van der Waals surface area contributed by atoms with Crippen LogP contribution in [0.2, 0.25) is 0 Å². The zero-order chi connectivity index (χ0) is 15.5. The maximum absolute atomic E-state index is 14.8. The molecule has 0 saturated carbocycles. The Morgan fingerprint density at radius 2 is 2.00 bits per heavy atom. The van der Waals surface area contributed by atoms with E-state index in [0.717, 1.165) is 31.9 Å². The van der Waals surface area contributed by atoms with Gasteiger partial charge >= 0.3 is 6.36 Å². The van der Waals surface area contributed by atoms with Gasteiger partial charge in [-0.2, -0.15) is 0 Å². The van der Waals surface area contributed by atoms with Gasteiger partial charge in [-0.05, 0) is 44.0 Å². The molecule has 0 bridgehead atoms. The minimum Gasteiger partial charge on any atom is -0.406 e. The second-order valence-corrected chi connectivity index (χ2v) is 5.62. The van der Waals surface area contributed by atoms with E-state index in [0.29, 0.717) is 0 Å². The summed E-state index contributed by atoms with van der Waals surface area (Å²) < 4.78 is 55.3. The zero-order valence-electron chi connectivity index (χ0n) is 11.8. The first-order chi connectivity index (χ1) is 9.76. The molecule has 2 unspecified atom stereocenters. The Morgan fingerprint density at radius 1 is 1.24 bits per heavy atom. The van der Waals surface area contributed by atoms with Crippen LogP contribution >= 0.6 is 0 Å². The maximum Gasteiger partial charge on any atom is 0.573 e. The van der Waals surface area contributed by atoms with Crippen molar-refractivity contribution in [2.24, 2.45) is 0 Å². The molecule has 0 spiro atoms. The highest BCUT2D eigenvalue weighted by Crippen LogP contribution is 2.35. The third-order valence-electron chi connectivity index (χ3n) is 3.71. The summed E-state index contributed by atoms with van der Waals surface area (Å²) in [5, 5.41) is 3.25. The Morgan fingerprint density at radius 3 is 2.62 bits per heavy atom. The number of alkyl halides is 4. The fraction of sp³-hybridized carbons (Fsp3) is 0.600. The molecule has 1 aromatic rings. The lowest BCUT2D eigenvalue weighted by Crippen LogP contribution is -2.38. The van der Waals surface area contributed by atoms with Crippen molar-refractivity contribution in [3.63, 3.8) is 0 Å². The molecule has 2 atom stereocenters. The Kier molecular flexibility index (Phi) is 4.76. The van der Waals surface area contributed by atoms with E-state index in [1.54, 1.807) is 0 Å².